The summed E-state index contributed by atoms with van der Waals surface area (Å²) in [5.74, 6) is 0. The molecule has 1 aliphatic rings. The predicted molar refractivity (Wildman–Crippen MR) is 89.1 cm³/mol. The van der Waals surface area contributed by atoms with Crippen LogP contribution in [0.3, 0.4) is 0 Å². The van der Waals surface area contributed by atoms with E-state index < -0.39 is 0 Å². The number of thioether (sulfide) groups is 1. The maximum absolute atomic E-state index is 2.29. The van der Waals surface area contributed by atoms with Crippen LogP contribution in [-0.2, 0) is 0 Å². The molecule has 3 rings (SSSR count). The zero-order valence-corrected chi connectivity index (χ0v) is 13.1. The van der Waals surface area contributed by atoms with E-state index in [-0.39, 0.29) is 0 Å². The fourth-order valence-corrected chi connectivity index (χ4v) is 4.10. The molecule has 0 spiro atoms. The highest BCUT2D eigenvalue weighted by atomic mass is 32.2. The molecule has 0 saturated heterocycles. The zero-order valence-electron chi connectivity index (χ0n) is 12.3. The Balaban J connectivity index is 2.07. The molecule has 0 radical (unpaired) electrons. The van der Waals surface area contributed by atoms with Crippen molar-refractivity contribution in [1.82, 2.24) is 0 Å². The maximum atomic E-state index is 2.29. The van der Waals surface area contributed by atoms with Gasteiger partial charge in [0.25, 0.3) is 0 Å². The monoisotopic (exact) mass is 280 g/mol. The molecule has 0 amide bonds. The van der Waals surface area contributed by atoms with E-state index in [2.05, 4.69) is 69.3 Å². The largest absolute Gasteiger partial charge is 0.117 e. The highest BCUT2D eigenvalue weighted by Gasteiger charge is 2.24. The van der Waals surface area contributed by atoms with Crippen molar-refractivity contribution in [1.29, 1.82) is 0 Å². The van der Waals surface area contributed by atoms with Crippen LogP contribution in [-0.4, -0.2) is 0 Å². The summed E-state index contributed by atoms with van der Waals surface area (Å²) < 4.78 is 0. The quantitative estimate of drug-likeness (QED) is 0.586. The van der Waals surface area contributed by atoms with E-state index in [0.717, 1.165) is 6.42 Å². The minimum absolute atomic E-state index is 0.538. The van der Waals surface area contributed by atoms with E-state index in [9.17, 15) is 0 Å². The van der Waals surface area contributed by atoms with Gasteiger partial charge in [-0.2, -0.15) is 0 Å². The van der Waals surface area contributed by atoms with E-state index in [1.165, 1.54) is 32.7 Å². The second-order valence-electron chi connectivity index (χ2n) is 5.67. The lowest BCUT2D eigenvalue weighted by molar-refractivity contribution is 0.894. The third kappa shape index (κ3) is 2.43. The summed E-state index contributed by atoms with van der Waals surface area (Å²) in [4.78, 5) is 1.41. The molecular formula is C19H20S. The minimum atomic E-state index is 0.538. The lowest BCUT2D eigenvalue weighted by Crippen LogP contribution is -2.04. The number of fused-ring (bicyclic) bond motifs is 3. The van der Waals surface area contributed by atoms with E-state index >= 15 is 0 Å². The molecule has 0 saturated carbocycles. The third-order valence-electron chi connectivity index (χ3n) is 4.10. The van der Waals surface area contributed by atoms with Crippen molar-refractivity contribution in [3.8, 4) is 11.1 Å². The second-order valence-corrected chi connectivity index (χ2v) is 6.92. The lowest BCUT2D eigenvalue weighted by Gasteiger charge is -2.27. The van der Waals surface area contributed by atoms with Gasteiger partial charge >= 0.3 is 0 Å². The Labute approximate surface area is 125 Å². The normalized spacial score (nSPS) is 16.2. The molecule has 1 heterocycles. The molecule has 1 unspecified atom stereocenters. The van der Waals surface area contributed by atoms with Gasteiger partial charge in [0.2, 0.25) is 0 Å². The molecule has 20 heavy (non-hydrogen) atoms. The number of benzene rings is 2. The van der Waals surface area contributed by atoms with Crippen molar-refractivity contribution in [2.75, 3.05) is 0 Å². The van der Waals surface area contributed by atoms with Crippen LogP contribution in [0.4, 0.5) is 0 Å². The van der Waals surface area contributed by atoms with Crippen LogP contribution in [0.15, 0.2) is 64.6 Å². The van der Waals surface area contributed by atoms with E-state index in [4.69, 9.17) is 0 Å². The van der Waals surface area contributed by atoms with Gasteiger partial charge in [0.05, 0.1) is 0 Å². The van der Waals surface area contributed by atoms with Crippen LogP contribution in [0.5, 0.6) is 0 Å². The summed E-state index contributed by atoms with van der Waals surface area (Å²) in [6, 6.07) is 17.6. The van der Waals surface area contributed by atoms with Gasteiger partial charge in [0, 0.05) is 10.1 Å². The predicted octanol–water partition coefficient (Wildman–Crippen LogP) is 6.25. The van der Waals surface area contributed by atoms with E-state index in [1.807, 2.05) is 11.8 Å². The smallest absolute Gasteiger partial charge is 0.0387 e. The van der Waals surface area contributed by atoms with Crippen LogP contribution in [0.2, 0.25) is 0 Å². The molecule has 1 aliphatic heterocycles. The van der Waals surface area contributed by atoms with Gasteiger partial charge in [-0.1, -0.05) is 53.6 Å². The van der Waals surface area contributed by atoms with Crippen LogP contribution < -0.4 is 0 Å². The Hall–Kier alpha value is -1.47. The minimum Gasteiger partial charge on any atom is -0.117 e. The molecular weight excluding hydrogens is 260 g/mol. The average molecular weight is 280 g/mol. The fourth-order valence-electron chi connectivity index (χ4n) is 2.67. The molecule has 0 fully saturated rings. The number of allylic oxidation sites excluding steroid dienone is 2. The van der Waals surface area contributed by atoms with Gasteiger partial charge in [-0.05, 0) is 49.9 Å². The first-order chi connectivity index (χ1) is 9.66. The maximum Gasteiger partial charge on any atom is 0.0387 e. The van der Waals surface area contributed by atoms with Gasteiger partial charge in [-0.25, -0.2) is 0 Å². The highest BCUT2D eigenvalue weighted by molar-refractivity contribution is 7.99. The van der Waals surface area contributed by atoms with Gasteiger partial charge < -0.3 is 0 Å². The summed E-state index contributed by atoms with van der Waals surface area (Å²) in [6.45, 7) is 6.68. The molecule has 2 aromatic carbocycles. The molecule has 1 atom stereocenters. The Morgan fingerprint density at radius 1 is 0.900 bits per heavy atom. The van der Waals surface area contributed by atoms with E-state index in [1.54, 1.807) is 0 Å². The molecule has 0 bridgehead atoms. The summed E-state index contributed by atoms with van der Waals surface area (Å²) in [7, 11) is 0. The number of hydrogen-bond acceptors (Lipinski definition) is 1. The molecule has 102 valence electrons. The van der Waals surface area contributed by atoms with Crippen LogP contribution >= 0.6 is 11.8 Å². The van der Waals surface area contributed by atoms with Crippen molar-refractivity contribution in [3.63, 3.8) is 0 Å². The second kappa shape index (κ2) is 5.49. The van der Waals surface area contributed by atoms with Crippen molar-refractivity contribution in [2.45, 2.75) is 37.3 Å². The van der Waals surface area contributed by atoms with Crippen molar-refractivity contribution >= 4 is 11.8 Å². The summed E-state index contributed by atoms with van der Waals surface area (Å²) in [5.41, 5.74) is 7.24. The first-order valence-corrected chi connectivity index (χ1v) is 8.02. The molecule has 0 N–H and O–H groups in total. The Bertz CT molecular complexity index is 663. The van der Waals surface area contributed by atoms with Crippen LogP contribution in [0.1, 0.15) is 38.0 Å². The molecule has 0 aliphatic carbocycles. The van der Waals surface area contributed by atoms with Gasteiger partial charge in [-0.3, -0.25) is 0 Å². The summed E-state index contributed by atoms with van der Waals surface area (Å²) >= 11 is 2.01. The topological polar surface area (TPSA) is 0 Å². The first-order valence-electron chi connectivity index (χ1n) is 7.15. The molecule has 1 heteroatoms. The first kappa shape index (κ1) is 13.5. The lowest BCUT2D eigenvalue weighted by atomic mass is 9.93. The molecule has 0 nitrogen and oxygen atoms in total. The van der Waals surface area contributed by atoms with Gasteiger partial charge in [0.1, 0.15) is 0 Å². The summed E-state index contributed by atoms with van der Waals surface area (Å²) in [5, 5.41) is 0.538. The summed E-state index contributed by atoms with van der Waals surface area (Å²) in [6.07, 6.45) is 1.14. The number of rotatable bonds is 2. The van der Waals surface area contributed by atoms with Crippen LogP contribution in [0.25, 0.3) is 11.1 Å². The average Bonchev–Trinajstić information content (AvgIpc) is 2.47. The molecule has 0 aromatic heterocycles. The Morgan fingerprint density at radius 2 is 1.55 bits per heavy atom. The highest BCUT2D eigenvalue weighted by Crippen LogP contribution is 2.51. The van der Waals surface area contributed by atoms with Crippen molar-refractivity contribution < 1.29 is 0 Å². The Kier molecular flexibility index (Phi) is 3.71. The molecule has 2 aromatic rings. The van der Waals surface area contributed by atoms with Crippen molar-refractivity contribution in [2.24, 2.45) is 0 Å². The number of hydrogen-bond donors (Lipinski definition) is 0. The Morgan fingerprint density at radius 3 is 2.30 bits per heavy atom. The van der Waals surface area contributed by atoms with Crippen molar-refractivity contribution in [3.05, 3.63) is 65.2 Å². The SMILES string of the molecule is CC(C)=C(C)CC1Sc2ccccc2-c2ccccc21. The fraction of sp³-hybridized carbons (Fsp3) is 0.263. The van der Waals surface area contributed by atoms with E-state index in [0.29, 0.717) is 5.25 Å². The standard InChI is InChI=1S/C19H20S/c1-13(2)14(3)12-19-17-10-5-4-8-15(17)16-9-6-7-11-18(16)20-19/h4-11,19H,12H2,1-3H3. The zero-order chi connectivity index (χ0) is 14.1. The van der Waals surface area contributed by atoms with Crippen LogP contribution in [0, 0.1) is 0 Å². The van der Waals surface area contributed by atoms with Gasteiger partial charge in [0.15, 0.2) is 0 Å². The van der Waals surface area contributed by atoms with Gasteiger partial charge in [-0.15, -0.1) is 11.8 Å². The third-order valence-corrected chi connectivity index (χ3v) is 5.41.